The van der Waals surface area contributed by atoms with Gasteiger partial charge in [-0.15, -0.1) is 0 Å². The minimum absolute atomic E-state index is 0.0446. The standard InChI is InChI=1S/C20H29N3O2/c1-21-9-11-22(12-10-21)13-18-14-23(15-19(18)16-24)20(25)8-7-17-5-3-2-4-6-17/h2-8,18-19,24H,9-16H2,1H3/b8-7+/t18-,19-/m1/s1. The van der Waals surface area contributed by atoms with Crippen molar-refractivity contribution in [2.24, 2.45) is 11.8 Å². The zero-order chi connectivity index (χ0) is 17.6. The summed E-state index contributed by atoms with van der Waals surface area (Å²) in [4.78, 5) is 19.2. The summed E-state index contributed by atoms with van der Waals surface area (Å²) in [5.74, 6) is 0.597. The molecule has 3 rings (SSSR count). The van der Waals surface area contributed by atoms with Crippen LogP contribution in [0.4, 0.5) is 0 Å². The summed E-state index contributed by atoms with van der Waals surface area (Å²) in [5.41, 5.74) is 1.03. The summed E-state index contributed by atoms with van der Waals surface area (Å²) in [5, 5.41) is 9.73. The van der Waals surface area contributed by atoms with Crippen molar-refractivity contribution in [1.29, 1.82) is 0 Å². The molecule has 2 atom stereocenters. The van der Waals surface area contributed by atoms with Gasteiger partial charge >= 0.3 is 0 Å². The molecule has 0 aromatic heterocycles. The van der Waals surface area contributed by atoms with Crippen molar-refractivity contribution in [3.05, 3.63) is 42.0 Å². The number of rotatable bonds is 5. The van der Waals surface area contributed by atoms with Gasteiger partial charge in [0.25, 0.3) is 0 Å². The van der Waals surface area contributed by atoms with Gasteiger partial charge < -0.3 is 19.8 Å². The molecule has 1 N–H and O–H groups in total. The second-order valence-electron chi connectivity index (χ2n) is 7.29. The third-order valence-corrected chi connectivity index (χ3v) is 5.43. The average molecular weight is 343 g/mol. The monoisotopic (exact) mass is 343 g/mol. The van der Waals surface area contributed by atoms with E-state index in [1.807, 2.05) is 41.3 Å². The van der Waals surface area contributed by atoms with Crippen LogP contribution in [0.3, 0.4) is 0 Å². The summed E-state index contributed by atoms with van der Waals surface area (Å²) < 4.78 is 0. The Hall–Kier alpha value is -1.69. The summed E-state index contributed by atoms with van der Waals surface area (Å²) in [6.07, 6.45) is 3.52. The van der Waals surface area contributed by atoms with E-state index in [1.54, 1.807) is 6.08 Å². The van der Waals surface area contributed by atoms with E-state index in [2.05, 4.69) is 16.8 Å². The highest BCUT2D eigenvalue weighted by molar-refractivity contribution is 5.92. The first-order chi connectivity index (χ1) is 12.2. The van der Waals surface area contributed by atoms with Crippen molar-refractivity contribution in [1.82, 2.24) is 14.7 Å². The molecule has 0 unspecified atom stereocenters. The first-order valence-corrected chi connectivity index (χ1v) is 9.19. The van der Waals surface area contributed by atoms with E-state index in [9.17, 15) is 9.90 Å². The molecule has 1 aromatic rings. The van der Waals surface area contributed by atoms with Gasteiger partial charge in [-0.1, -0.05) is 30.3 Å². The Kier molecular flexibility index (Phi) is 6.24. The average Bonchev–Trinajstić information content (AvgIpc) is 3.05. The van der Waals surface area contributed by atoms with Crippen LogP contribution in [0.5, 0.6) is 0 Å². The van der Waals surface area contributed by atoms with Gasteiger partial charge in [-0.2, -0.15) is 0 Å². The number of carbonyl (C=O) groups excluding carboxylic acids is 1. The van der Waals surface area contributed by atoms with E-state index in [-0.39, 0.29) is 18.4 Å². The number of carbonyl (C=O) groups is 1. The van der Waals surface area contributed by atoms with Gasteiger partial charge in [0, 0.05) is 64.4 Å². The van der Waals surface area contributed by atoms with Crippen LogP contribution in [-0.2, 0) is 4.79 Å². The van der Waals surface area contributed by atoms with Gasteiger partial charge in [-0.25, -0.2) is 0 Å². The number of nitrogens with zero attached hydrogens (tertiary/aromatic N) is 3. The molecule has 0 saturated carbocycles. The Morgan fingerprint density at radius 1 is 1.12 bits per heavy atom. The Bertz CT molecular complexity index is 582. The topological polar surface area (TPSA) is 47.0 Å². The van der Waals surface area contributed by atoms with E-state index in [0.29, 0.717) is 12.5 Å². The fourth-order valence-corrected chi connectivity index (χ4v) is 3.73. The van der Waals surface area contributed by atoms with Gasteiger partial charge in [-0.3, -0.25) is 4.79 Å². The molecule has 2 aliphatic rings. The maximum absolute atomic E-state index is 12.5. The Labute approximate surface area is 150 Å². The molecular formula is C20H29N3O2. The number of benzene rings is 1. The number of hydrogen-bond acceptors (Lipinski definition) is 4. The minimum Gasteiger partial charge on any atom is -0.396 e. The smallest absolute Gasteiger partial charge is 0.246 e. The zero-order valence-electron chi connectivity index (χ0n) is 15.1. The molecule has 25 heavy (non-hydrogen) atoms. The summed E-state index contributed by atoms with van der Waals surface area (Å²) in [6.45, 7) is 6.89. The van der Waals surface area contributed by atoms with Crippen molar-refractivity contribution in [3.8, 4) is 0 Å². The molecular weight excluding hydrogens is 314 g/mol. The highest BCUT2D eigenvalue weighted by Crippen LogP contribution is 2.25. The highest BCUT2D eigenvalue weighted by Gasteiger charge is 2.35. The van der Waals surface area contributed by atoms with Crippen LogP contribution in [0.15, 0.2) is 36.4 Å². The SMILES string of the molecule is CN1CCN(C[C@@H]2CN(C(=O)/C=C/c3ccccc3)C[C@@H]2CO)CC1. The lowest BCUT2D eigenvalue weighted by Gasteiger charge is -2.34. The number of piperazine rings is 1. The van der Waals surface area contributed by atoms with Gasteiger partial charge in [0.2, 0.25) is 5.91 Å². The molecule has 2 saturated heterocycles. The number of amides is 1. The van der Waals surface area contributed by atoms with Crippen molar-refractivity contribution >= 4 is 12.0 Å². The van der Waals surface area contributed by atoms with Crippen LogP contribution in [0.25, 0.3) is 6.08 Å². The third-order valence-electron chi connectivity index (χ3n) is 5.43. The number of likely N-dealkylation sites (tertiary alicyclic amines) is 1. The lowest BCUT2D eigenvalue weighted by atomic mass is 9.96. The third kappa shape index (κ3) is 4.91. The second kappa shape index (κ2) is 8.61. The predicted octanol–water partition coefficient (Wildman–Crippen LogP) is 1.01. The zero-order valence-corrected chi connectivity index (χ0v) is 15.1. The number of aliphatic hydroxyl groups excluding tert-OH is 1. The Balaban J connectivity index is 1.55. The first kappa shape index (κ1) is 18.1. The number of aliphatic hydroxyl groups is 1. The van der Waals surface area contributed by atoms with Gasteiger partial charge in [-0.05, 0) is 24.6 Å². The maximum atomic E-state index is 12.5. The van der Waals surface area contributed by atoms with Gasteiger partial charge in [0.15, 0.2) is 0 Å². The van der Waals surface area contributed by atoms with E-state index in [1.165, 1.54) is 0 Å². The van der Waals surface area contributed by atoms with Crippen molar-refractivity contribution in [2.75, 3.05) is 59.5 Å². The molecule has 5 nitrogen and oxygen atoms in total. The Morgan fingerprint density at radius 2 is 1.80 bits per heavy atom. The predicted molar refractivity (Wildman–Crippen MR) is 100 cm³/mol. The summed E-state index contributed by atoms with van der Waals surface area (Å²) in [7, 11) is 2.16. The number of hydrogen-bond donors (Lipinski definition) is 1. The quantitative estimate of drug-likeness (QED) is 0.811. The maximum Gasteiger partial charge on any atom is 0.246 e. The van der Waals surface area contributed by atoms with Crippen LogP contribution in [0.1, 0.15) is 5.56 Å². The van der Waals surface area contributed by atoms with E-state index in [0.717, 1.165) is 44.8 Å². The fourth-order valence-electron chi connectivity index (χ4n) is 3.73. The Morgan fingerprint density at radius 3 is 2.48 bits per heavy atom. The molecule has 2 aliphatic heterocycles. The first-order valence-electron chi connectivity index (χ1n) is 9.19. The molecule has 136 valence electrons. The molecule has 1 aromatic carbocycles. The highest BCUT2D eigenvalue weighted by atomic mass is 16.3. The van der Waals surface area contributed by atoms with Crippen molar-refractivity contribution in [3.63, 3.8) is 0 Å². The molecule has 2 fully saturated rings. The fraction of sp³-hybridized carbons (Fsp3) is 0.550. The van der Waals surface area contributed by atoms with Crippen molar-refractivity contribution < 1.29 is 9.90 Å². The molecule has 2 heterocycles. The van der Waals surface area contributed by atoms with Crippen LogP contribution in [0, 0.1) is 11.8 Å². The largest absolute Gasteiger partial charge is 0.396 e. The van der Waals surface area contributed by atoms with Crippen LogP contribution >= 0.6 is 0 Å². The molecule has 1 amide bonds. The molecule has 0 radical (unpaired) electrons. The molecule has 5 heteroatoms. The van der Waals surface area contributed by atoms with E-state index >= 15 is 0 Å². The molecule has 0 aliphatic carbocycles. The normalized spacial score (nSPS) is 25.8. The summed E-state index contributed by atoms with van der Waals surface area (Å²) in [6, 6.07) is 9.87. The van der Waals surface area contributed by atoms with Gasteiger partial charge in [0.1, 0.15) is 0 Å². The van der Waals surface area contributed by atoms with Gasteiger partial charge in [0.05, 0.1) is 0 Å². The van der Waals surface area contributed by atoms with E-state index in [4.69, 9.17) is 0 Å². The van der Waals surface area contributed by atoms with Crippen LogP contribution in [-0.4, -0.2) is 85.2 Å². The number of likely N-dealkylation sites (N-methyl/N-ethyl adjacent to an activating group) is 1. The minimum atomic E-state index is 0.0446. The van der Waals surface area contributed by atoms with E-state index < -0.39 is 0 Å². The second-order valence-corrected chi connectivity index (χ2v) is 7.29. The van der Waals surface area contributed by atoms with Crippen LogP contribution in [0.2, 0.25) is 0 Å². The summed E-state index contributed by atoms with van der Waals surface area (Å²) >= 11 is 0. The van der Waals surface area contributed by atoms with Crippen LogP contribution < -0.4 is 0 Å². The van der Waals surface area contributed by atoms with Crippen molar-refractivity contribution in [2.45, 2.75) is 0 Å². The lowest BCUT2D eigenvalue weighted by molar-refractivity contribution is -0.125. The molecule has 0 bridgehead atoms. The lowest BCUT2D eigenvalue weighted by Crippen LogP contribution is -2.47. The molecule has 0 spiro atoms.